The summed E-state index contributed by atoms with van der Waals surface area (Å²) in [5.41, 5.74) is -0.230. The number of Topliss-reactive ketones (excluding diaryl/α,β-unsaturated/α-hetero) is 1. The summed E-state index contributed by atoms with van der Waals surface area (Å²) >= 11 is 0. The molecule has 1 saturated heterocycles. The van der Waals surface area contributed by atoms with Crippen LogP contribution < -0.4 is 21.3 Å². The third-order valence-electron chi connectivity index (χ3n) is 12.2. The van der Waals surface area contributed by atoms with E-state index in [4.69, 9.17) is 4.74 Å². The number of nitrogens with zero attached hydrogens (tertiary/aromatic N) is 2. The first-order chi connectivity index (χ1) is 25.8. The molecule has 55 heavy (non-hydrogen) atoms. The van der Waals surface area contributed by atoms with E-state index in [0.29, 0.717) is 18.5 Å². The number of ketones is 1. The van der Waals surface area contributed by atoms with Crippen molar-refractivity contribution in [2.24, 2.45) is 28.6 Å². The quantitative estimate of drug-likeness (QED) is 0.185. The van der Waals surface area contributed by atoms with Gasteiger partial charge in [0, 0.05) is 20.6 Å². The first-order valence-electron chi connectivity index (χ1n) is 19.8. The van der Waals surface area contributed by atoms with Crippen molar-refractivity contribution in [1.29, 1.82) is 0 Å². The van der Waals surface area contributed by atoms with Crippen LogP contribution in [0, 0.1) is 28.6 Å². The molecule has 1 heterocycles. The van der Waals surface area contributed by atoms with E-state index in [9.17, 15) is 33.6 Å². The second-order valence-corrected chi connectivity index (χ2v) is 17.1. The molecule has 3 aliphatic rings. The first kappa shape index (κ1) is 43.2. The maximum absolute atomic E-state index is 14.6. The number of ether oxygens (including phenoxy) is 1. The molecule has 7 atom stereocenters. The molecule has 4 rings (SSSR count). The highest BCUT2D eigenvalue weighted by Crippen LogP contribution is 2.65. The van der Waals surface area contributed by atoms with Gasteiger partial charge in [0.15, 0.2) is 0 Å². The zero-order valence-corrected chi connectivity index (χ0v) is 34.0. The fourth-order valence-electron chi connectivity index (χ4n) is 8.24. The summed E-state index contributed by atoms with van der Waals surface area (Å²) in [6.45, 7) is 13.4. The second-order valence-electron chi connectivity index (χ2n) is 17.1. The van der Waals surface area contributed by atoms with Gasteiger partial charge in [-0.25, -0.2) is 4.79 Å². The Hall–Kier alpha value is -4.49. The Morgan fingerprint density at radius 2 is 1.55 bits per heavy atom. The topological polar surface area (TPSA) is 183 Å². The van der Waals surface area contributed by atoms with Gasteiger partial charge in [-0.2, -0.15) is 0 Å². The fraction of sp³-hybridized carbons (Fsp3) is 0.683. The van der Waals surface area contributed by atoms with Gasteiger partial charge >= 0.3 is 6.09 Å². The maximum atomic E-state index is 14.6. The highest BCUT2D eigenvalue weighted by molar-refractivity contribution is 6.38. The lowest BCUT2D eigenvalue weighted by Crippen LogP contribution is -2.61. The molecule has 14 nitrogen and oxygen atoms in total. The van der Waals surface area contributed by atoms with Gasteiger partial charge in [-0.05, 0) is 60.3 Å². The molecule has 0 aromatic heterocycles. The Morgan fingerprint density at radius 3 is 2.13 bits per heavy atom. The number of alkyl carbamates (subject to hydrolysis) is 1. The average molecular weight is 767 g/mol. The van der Waals surface area contributed by atoms with E-state index in [1.807, 2.05) is 27.7 Å². The summed E-state index contributed by atoms with van der Waals surface area (Å²) in [4.78, 5) is 97.4. The number of hydrogen-bond acceptors (Lipinski definition) is 8. The Labute approximate surface area is 325 Å². The summed E-state index contributed by atoms with van der Waals surface area (Å²) < 4.78 is 5.63. The molecular weight excluding hydrogens is 704 g/mol. The largest absolute Gasteiger partial charge is 0.446 e. The van der Waals surface area contributed by atoms with Gasteiger partial charge in [0.2, 0.25) is 29.4 Å². The zero-order chi connectivity index (χ0) is 40.8. The van der Waals surface area contributed by atoms with Gasteiger partial charge in [-0.15, -0.1) is 0 Å². The van der Waals surface area contributed by atoms with E-state index in [1.165, 1.54) is 4.90 Å². The van der Waals surface area contributed by atoms with Crippen LogP contribution in [-0.2, 0) is 33.5 Å². The molecule has 1 aromatic carbocycles. The molecule has 1 aliphatic heterocycles. The summed E-state index contributed by atoms with van der Waals surface area (Å²) in [6, 6.07) is 4.62. The van der Waals surface area contributed by atoms with Crippen LogP contribution in [0.2, 0.25) is 0 Å². The smallest absolute Gasteiger partial charge is 0.408 e. The molecular formula is C41H62N6O8. The maximum Gasteiger partial charge on any atom is 0.408 e. The lowest BCUT2D eigenvalue weighted by Gasteiger charge is -2.43. The molecule has 0 bridgehead atoms. The van der Waals surface area contributed by atoms with Gasteiger partial charge < -0.3 is 35.8 Å². The number of rotatable bonds is 16. The van der Waals surface area contributed by atoms with Gasteiger partial charge in [0.1, 0.15) is 24.2 Å². The fourth-order valence-corrected chi connectivity index (χ4v) is 8.24. The van der Waals surface area contributed by atoms with Crippen molar-refractivity contribution in [2.75, 3.05) is 27.2 Å². The monoisotopic (exact) mass is 766 g/mol. The predicted molar refractivity (Wildman–Crippen MR) is 206 cm³/mol. The first-order valence-corrected chi connectivity index (χ1v) is 19.8. The Bertz CT molecular complexity index is 1590. The Kier molecular flexibility index (Phi) is 14.1. The lowest BCUT2D eigenvalue weighted by molar-refractivity contribution is -0.146. The Morgan fingerprint density at radius 1 is 0.909 bits per heavy atom. The molecule has 0 spiro atoms. The van der Waals surface area contributed by atoms with Crippen molar-refractivity contribution < 1.29 is 38.3 Å². The van der Waals surface area contributed by atoms with E-state index in [1.54, 1.807) is 56.3 Å². The van der Waals surface area contributed by atoms with Crippen molar-refractivity contribution >= 4 is 41.4 Å². The van der Waals surface area contributed by atoms with Crippen LogP contribution in [0.5, 0.6) is 0 Å². The van der Waals surface area contributed by atoms with Crippen LogP contribution in [0.15, 0.2) is 30.3 Å². The van der Waals surface area contributed by atoms with Crippen LogP contribution in [0.25, 0.3) is 0 Å². The molecule has 304 valence electrons. The predicted octanol–water partition coefficient (Wildman–Crippen LogP) is 3.50. The minimum atomic E-state index is -1.21. The molecule has 1 unspecified atom stereocenters. The minimum Gasteiger partial charge on any atom is -0.446 e. The number of carbonyl (C=O) groups is 7. The third-order valence-corrected chi connectivity index (χ3v) is 12.2. The SMILES string of the molecule is CCCC(NC(=O)[C@@H]1[C@@H]2[C@H](CN1C(=O)[C@@H](NC(=O)O[C@H](C)C(C)C)C1(C)CCCCC1)C2(C)C)C(=O)C(=O)NCC(=O)N[C@H](C(=O)N(C)C)c1ccccc1. The lowest BCUT2D eigenvalue weighted by atomic mass is 9.70. The number of amides is 6. The van der Waals surface area contributed by atoms with Crippen molar-refractivity contribution in [2.45, 2.75) is 124 Å². The van der Waals surface area contributed by atoms with Crippen LogP contribution in [0.4, 0.5) is 4.79 Å². The number of likely N-dealkylation sites (tertiary alicyclic amines) is 1. The van der Waals surface area contributed by atoms with Gasteiger partial charge in [-0.1, -0.05) is 97.6 Å². The van der Waals surface area contributed by atoms with Crippen molar-refractivity contribution in [3.05, 3.63) is 35.9 Å². The van der Waals surface area contributed by atoms with Gasteiger partial charge in [-0.3, -0.25) is 28.8 Å². The van der Waals surface area contributed by atoms with Crippen molar-refractivity contribution in [3.63, 3.8) is 0 Å². The van der Waals surface area contributed by atoms with E-state index in [2.05, 4.69) is 35.1 Å². The molecule has 2 saturated carbocycles. The Balaban J connectivity index is 1.48. The summed E-state index contributed by atoms with van der Waals surface area (Å²) in [5, 5.41) is 10.7. The second kappa shape index (κ2) is 18.0. The molecule has 4 N–H and O–H groups in total. The summed E-state index contributed by atoms with van der Waals surface area (Å²) in [6.07, 6.45) is 3.88. The number of fused-ring (bicyclic) bond motifs is 1. The molecule has 1 aromatic rings. The van der Waals surface area contributed by atoms with Crippen LogP contribution in [0.1, 0.15) is 105 Å². The van der Waals surface area contributed by atoms with E-state index < -0.39 is 65.7 Å². The molecule has 2 aliphatic carbocycles. The zero-order valence-electron chi connectivity index (χ0n) is 34.0. The van der Waals surface area contributed by atoms with Crippen molar-refractivity contribution in [3.8, 4) is 0 Å². The molecule has 6 amide bonds. The van der Waals surface area contributed by atoms with Gasteiger partial charge in [0.25, 0.3) is 5.91 Å². The van der Waals surface area contributed by atoms with Crippen LogP contribution in [-0.4, -0.2) is 103 Å². The number of benzene rings is 1. The average Bonchev–Trinajstić information content (AvgIpc) is 3.43. The van der Waals surface area contributed by atoms with Crippen LogP contribution in [0.3, 0.4) is 0 Å². The normalized spacial score (nSPS) is 22.9. The number of piperidine rings is 1. The number of likely N-dealkylation sites (N-methyl/N-ethyl adjacent to an activating group) is 1. The van der Waals surface area contributed by atoms with E-state index in [-0.39, 0.29) is 47.5 Å². The number of nitrogens with one attached hydrogen (secondary N) is 4. The van der Waals surface area contributed by atoms with E-state index in [0.717, 1.165) is 32.1 Å². The highest BCUT2D eigenvalue weighted by Gasteiger charge is 2.70. The highest BCUT2D eigenvalue weighted by atomic mass is 16.6. The number of hydrogen-bond donors (Lipinski definition) is 4. The molecule has 0 radical (unpaired) electrons. The van der Waals surface area contributed by atoms with Crippen LogP contribution >= 0.6 is 0 Å². The molecule has 3 fully saturated rings. The summed E-state index contributed by atoms with van der Waals surface area (Å²) in [7, 11) is 3.13. The standard InChI is InChI=1S/C41H62N6O8/c1-10-17-28(33(49)36(51)42-22-29(48)44-31(37(52)46(8)9)26-18-13-11-14-19-26)43-35(50)32-30-27(40(30,5)6)23-47(32)38(53)34(41(7)20-15-12-16-21-41)45-39(54)55-25(4)24(2)3/h11,13-14,18-19,24-25,27-28,30-32,34H,10,12,15-17,20-23H2,1-9H3,(H,42,51)(H,43,50)(H,44,48)(H,45,54)/t25-,27+,28?,30+,31+,32+,34-/m1/s1. The molecule has 14 heteroatoms. The van der Waals surface area contributed by atoms with Gasteiger partial charge in [0.05, 0.1) is 12.6 Å². The van der Waals surface area contributed by atoms with E-state index >= 15 is 0 Å². The number of carbonyl (C=O) groups excluding carboxylic acids is 7. The van der Waals surface area contributed by atoms with Crippen molar-refractivity contribution in [1.82, 2.24) is 31.1 Å². The third kappa shape index (κ3) is 10.0. The minimum absolute atomic E-state index is 0.0427. The summed E-state index contributed by atoms with van der Waals surface area (Å²) in [5.74, 6) is -3.99.